The molecule has 0 unspecified atom stereocenters. The fraction of sp³-hybridized carbons (Fsp3) is 0.357. The quantitative estimate of drug-likeness (QED) is 0.621. The number of aliphatic hydroxyl groups is 1. The minimum atomic E-state index is 0.0197. The van der Waals surface area contributed by atoms with Crippen LogP contribution in [0, 0.1) is 17.8 Å². The molecular formula is C14H16O2. The molecule has 84 valence electrons. The van der Waals surface area contributed by atoms with Gasteiger partial charge in [-0.2, -0.15) is 0 Å². The zero-order valence-corrected chi connectivity index (χ0v) is 9.66. The van der Waals surface area contributed by atoms with Crippen LogP contribution in [0.4, 0.5) is 0 Å². The predicted molar refractivity (Wildman–Crippen MR) is 64.2 cm³/mol. The molecule has 0 saturated heterocycles. The summed E-state index contributed by atoms with van der Waals surface area (Å²) < 4.78 is 0. The number of hydrogen-bond donors (Lipinski definition) is 1. The molecule has 16 heavy (non-hydrogen) atoms. The number of carbonyl (C=O) groups excluding carboxylic acids is 1. The predicted octanol–water partition coefficient (Wildman–Crippen LogP) is 2.26. The van der Waals surface area contributed by atoms with E-state index in [0.29, 0.717) is 6.42 Å². The number of Topliss-reactive ketones (excluding diaryl/α,β-unsaturated/α-hetero) is 1. The first-order valence-electron chi connectivity index (χ1n) is 5.39. The molecule has 1 aromatic rings. The Balaban J connectivity index is 2.77. The van der Waals surface area contributed by atoms with E-state index in [0.717, 1.165) is 11.1 Å². The van der Waals surface area contributed by atoms with E-state index in [9.17, 15) is 4.79 Å². The highest BCUT2D eigenvalue weighted by Crippen LogP contribution is 2.09. The Morgan fingerprint density at radius 2 is 1.94 bits per heavy atom. The van der Waals surface area contributed by atoms with Crippen LogP contribution in [0.2, 0.25) is 0 Å². The first-order chi connectivity index (χ1) is 7.65. The number of rotatable bonds is 3. The number of hydrogen-bond acceptors (Lipinski definition) is 2. The molecule has 0 saturated carbocycles. The summed E-state index contributed by atoms with van der Waals surface area (Å²) >= 11 is 0. The second-order valence-electron chi connectivity index (χ2n) is 3.87. The van der Waals surface area contributed by atoms with Crippen molar-refractivity contribution < 1.29 is 9.90 Å². The Bertz CT molecular complexity index is 405. The largest absolute Gasteiger partial charge is 0.395 e. The molecule has 1 aromatic carbocycles. The monoisotopic (exact) mass is 216 g/mol. The number of ketones is 1. The lowest BCUT2D eigenvalue weighted by molar-refractivity contribution is 0.0939. The van der Waals surface area contributed by atoms with Gasteiger partial charge in [0.15, 0.2) is 5.78 Å². The molecule has 0 bridgehead atoms. The molecule has 0 atom stereocenters. The van der Waals surface area contributed by atoms with Gasteiger partial charge in [-0.3, -0.25) is 4.79 Å². The highest BCUT2D eigenvalue weighted by atomic mass is 16.2. The Morgan fingerprint density at radius 1 is 1.31 bits per heavy atom. The van der Waals surface area contributed by atoms with Gasteiger partial charge in [-0.05, 0) is 12.1 Å². The van der Waals surface area contributed by atoms with E-state index in [1.54, 1.807) is 12.1 Å². The molecule has 0 aliphatic carbocycles. The van der Waals surface area contributed by atoms with Gasteiger partial charge in [-0.1, -0.05) is 37.8 Å². The molecule has 0 fully saturated rings. The van der Waals surface area contributed by atoms with E-state index in [-0.39, 0.29) is 18.3 Å². The van der Waals surface area contributed by atoms with Crippen LogP contribution < -0.4 is 0 Å². The van der Waals surface area contributed by atoms with Crippen molar-refractivity contribution >= 4 is 5.78 Å². The third kappa shape index (κ3) is 3.52. The highest BCUT2D eigenvalue weighted by Gasteiger charge is 2.09. The van der Waals surface area contributed by atoms with Crippen LogP contribution in [0.5, 0.6) is 0 Å². The smallest absolute Gasteiger partial charge is 0.165 e. The van der Waals surface area contributed by atoms with Crippen LogP contribution >= 0.6 is 0 Å². The molecule has 0 aliphatic rings. The Labute approximate surface area is 96.3 Å². The van der Waals surface area contributed by atoms with E-state index >= 15 is 0 Å². The average molecular weight is 216 g/mol. The second kappa shape index (κ2) is 6.09. The van der Waals surface area contributed by atoms with Gasteiger partial charge < -0.3 is 5.11 Å². The Kier molecular flexibility index (Phi) is 4.75. The van der Waals surface area contributed by atoms with Crippen LogP contribution in [-0.4, -0.2) is 17.5 Å². The van der Waals surface area contributed by atoms with Crippen molar-refractivity contribution in [1.29, 1.82) is 0 Å². The van der Waals surface area contributed by atoms with Crippen molar-refractivity contribution in [2.45, 2.75) is 20.3 Å². The summed E-state index contributed by atoms with van der Waals surface area (Å²) in [6, 6.07) is 7.26. The van der Waals surface area contributed by atoms with Crippen molar-refractivity contribution in [2.75, 3.05) is 6.61 Å². The molecule has 0 spiro atoms. The molecule has 2 heteroatoms. The van der Waals surface area contributed by atoms with Crippen molar-refractivity contribution in [3.05, 3.63) is 35.4 Å². The van der Waals surface area contributed by atoms with Gasteiger partial charge in [0, 0.05) is 23.5 Å². The Hall–Kier alpha value is -1.59. The van der Waals surface area contributed by atoms with Crippen molar-refractivity contribution in [1.82, 2.24) is 0 Å². The minimum Gasteiger partial charge on any atom is -0.395 e. The zero-order valence-electron chi connectivity index (χ0n) is 9.66. The average Bonchev–Trinajstić information content (AvgIpc) is 2.29. The molecule has 0 aromatic heterocycles. The van der Waals surface area contributed by atoms with E-state index in [4.69, 9.17) is 5.11 Å². The lowest BCUT2D eigenvalue weighted by atomic mass is 10.0. The van der Waals surface area contributed by atoms with Crippen molar-refractivity contribution in [3.63, 3.8) is 0 Å². The summed E-state index contributed by atoms with van der Waals surface area (Å²) in [6.07, 6.45) is 0.479. The van der Waals surface area contributed by atoms with Crippen LogP contribution in [-0.2, 0) is 0 Å². The summed E-state index contributed by atoms with van der Waals surface area (Å²) in [6.45, 7) is 3.85. The second-order valence-corrected chi connectivity index (χ2v) is 3.87. The molecule has 1 rings (SSSR count). The number of aliphatic hydroxyl groups excluding tert-OH is 1. The lowest BCUT2D eigenvalue weighted by Gasteiger charge is -2.03. The Morgan fingerprint density at radius 3 is 2.44 bits per heavy atom. The summed E-state index contributed by atoms with van der Waals surface area (Å²) in [5.74, 6) is 5.93. The minimum absolute atomic E-state index is 0.0197. The highest BCUT2D eigenvalue weighted by molar-refractivity contribution is 5.97. The number of carbonyl (C=O) groups is 1. The maximum Gasteiger partial charge on any atom is 0.165 e. The zero-order chi connectivity index (χ0) is 12.0. The molecule has 0 radical (unpaired) electrons. The van der Waals surface area contributed by atoms with Crippen LogP contribution in [0.1, 0.15) is 36.2 Å². The van der Waals surface area contributed by atoms with Gasteiger partial charge in [-0.25, -0.2) is 0 Å². The van der Waals surface area contributed by atoms with E-state index in [1.807, 2.05) is 26.0 Å². The lowest BCUT2D eigenvalue weighted by Crippen LogP contribution is -2.06. The maximum atomic E-state index is 11.6. The molecule has 0 aliphatic heterocycles. The summed E-state index contributed by atoms with van der Waals surface area (Å²) in [5, 5.41) is 8.58. The summed E-state index contributed by atoms with van der Waals surface area (Å²) in [7, 11) is 0. The molecule has 0 heterocycles. The van der Waals surface area contributed by atoms with E-state index < -0.39 is 0 Å². The molecule has 1 N–H and O–H groups in total. The molecular weight excluding hydrogens is 200 g/mol. The fourth-order valence-corrected chi connectivity index (χ4v) is 1.27. The van der Waals surface area contributed by atoms with Gasteiger partial charge in [0.05, 0.1) is 6.61 Å². The van der Waals surface area contributed by atoms with Crippen LogP contribution in [0.3, 0.4) is 0 Å². The SMILES string of the molecule is CC(C)C(=O)c1ccc(C#CCCO)cc1. The third-order valence-corrected chi connectivity index (χ3v) is 2.16. The van der Waals surface area contributed by atoms with Crippen molar-refractivity contribution in [3.8, 4) is 11.8 Å². The maximum absolute atomic E-state index is 11.6. The first-order valence-corrected chi connectivity index (χ1v) is 5.39. The molecule has 2 nitrogen and oxygen atoms in total. The van der Waals surface area contributed by atoms with E-state index in [2.05, 4.69) is 11.8 Å². The third-order valence-electron chi connectivity index (χ3n) is 2.16. The van der Waals surface area contributed by atoms with Gasteiger partial charge >= 0.3 is 0 Å². The topological polar surface area (TPSA) is 37.3 Å². The van der Waals surface area contributed by atoms with Gasteiger partial charge in [0.25, 0.3) is 0 Å². The summed E-state index contributed by atoms with van der Waals surface area (Å²) in [4.78, 5) is 11.6. The van der Waals surface area contributed by atoms with Crippen LogP contribution in [0.15, 0.2) is 24.3 Å². The van der Waals surface area contributed by atoms with Gasteiger partial charge in [0.1, 0.15) is 0 Å². The van der Waals surface area contributed by atoms with Crippen LogP contribution in [0.25, 0.3) is 0 Å². The fourth-order valence-electron chi connectivity index (χ4n) is 1.27. The van der Waals surface area contributed by atoms with Gasteiger partial charge in [-0.15, -0.1) is 0 Å². The standard InChI is InChI=1S/C14H16O2/c1-11(2)14(16)13-8-6-12(7-9-13)5-3-4-10-15/h6-9,11,15H,4,10H2,1-2H3. The van der Waals surface area contributed by atoms with E-state index in [1.165, 1.54) is 0 Å². The van der Waals surface area contributed by atoms with Gasteiger partial charge in [0.2, 0.25) is 0 Å². The number of benzene rings is 1. The molecule has 0 amide bonds. The normalized spacial score (nSPS) is 9.75. The first kappa shape index (κ1) is 12.5. The van der Waals surface area contributed by atoms with Crippen molar-refractivity contribution in [2.24, 2.45) is 5.92 Å². The summed E-state index contributed by atoms with van der Waals surface area (Å²) in [5.41, 5.74) is 1.59.